The van der Waals surface area contributed by atoms with Gasteiger partial charge in [0.1, 0.15) is 0 Å². The van der Waals surface area contributed by atoms with Gasteiger partial charge in [0.2, 0.25) is 0 Å². The second-order valence-corrected chi connectivity index (χ2v) is 6.85. The average molecular weight is 456 g/mol. The molecule has 4 N–H and O–H groups in total. The molecule has 2 fully saturated rings. The first kappa shape index (κ1) is 19.8. The SMILES string of the molecule is CN(C(N)=NCc1cccc(CN=C(N)N(C)C2CC2)c1)C1CC1.I. The third-order valence-corrected chi connectivity index (χ3v) is 4.75. The van der Waals surface area contributed by atoms with Crippen molar-refractivity contribution in [3.05, 3.63) is 35.4 Å². The van der Waals surface area contributed by atoms with Gasteiger partial charge in [-0.3, -0.25) is 0 Å². The average Bonchev–Trinajstić information content (AvgIpc) is 3.48. The molecule has 1 aromatic rings. The molecule has 3 rings (SSSR count). The molecule has 0 heterocycles. The zero-order valence-corrected chi connectivity index (χ0v) is 17.4. The molecule has 0 bridgehead atoms. The minimum atomic E-state index is 0. The Hall–Kier alpha value is -1.51. The first-order chi connectivity index (χ1) is 11.5. The molecule has 2 aliphatic rings. The summed E-state index contributed by atoms with van der Waals surface area (Å²) in [7, 11) is 4.03. The van der Waals surface area contributed by atoms with Crippen molar-refractivity contribution in [1.29, 1.82) is 0 Å². The number of halogens is 1. The standard InChI is InChI=1S/C18H28N6.HI/c1-23(15-6-7-15)17(19)21-11-13-4-3-5-14(10-13)12-22-18(20)24(2)16-8-9-16;/h3-5,10,15-16H,6-9,11-12H2,1-2H3,(H2,19,21)(H2,20,22);1H. The van der Waals surface area contributed by atoms with Gasteiger partial charge >= 0.3 is 0 Å². The summed E-state index contributed by atoms with van der Waals surface area (Å²) in [6.07, 6.45) is 4.88. The van der Waals surface area contributed by atoms with E-state index in [2.05, 4.69) is 38.0 Å². The van der Waals surface area contributed by atoms with Crippen molar-refractivity contribution in [2.24, 2.45) is 21.5 Å². The summed E-state index contributed by atoms with van der Waals surface area (Å²) in [5.41, 5.74) is 14.4. The molecule has 25 heavy (non-hydrogen) atoms. The van der Waals surface area contributed by atoms with Gasteiger partial charge in [0, 0.05) is 26.2 Å². The zero-order valence-electron chi connectivity index (χ0n) is 15.1. The van der Waals surface area contributed by atoms with Crippen LogP contribution < -0.4 is 11.5 Å². The van der Waals surface area contributed by atoms with E-state index in [4.69, 9.17) is 11.5 Å². The molecule has 0 atom stereocenters. The number of guanidine groups is 2. The smallest absolute Gasteiger partial charge is 0.191 e. The van der Waals surface area contributed by atoms with E-state index in [-0.39, 0.29) is 24.0 Å². The maximum Gasteiger partial charge on any atom is 0.191 e. The van der Waals surface area contributed by atoms with E-state index in [0.717, 1.165) is 11.1 Å². The fourth-order valence-corrected chi connectivity index (χ4v) is 2.69. The van der Waals surface area contributed by atoms with E-state index >= 15 is 0 Å². The molecule has 138 valence electrons. The normalized spacial score (nSPS) is 17.8. The Bertz CT molecular complexity index is 585. The van der Waals surface area contributed by atoms with Gasteiger partial charge in [0.15, 0.2) is 11.9 Å². The summed E-state index contributed by atoms with van der Waals surface area (Å²) in [5.74, 6) is 1.24. The van der Waals surface area contributed by atoms with E-state index in [1.165, 1.54) is 25.7 Å². The van der Waals surface area contributed by atoms with Crippen molar-refractivity contribution in [3.8, 4) is 0 Å². The Morgan fingerprint density at radius 2 is 1.32 bits per heavy atom. The highest BCUT2D eigenvalue weighted by atomic mass is 127. The summed E-state index contributed by atoms with van der Waals surface area (Å²) in [4.78, 5) is 13.2. The van der Waals surface area contributed by atoms with Crippen LogP contribution in [0.3, 0.4) is 0 Å². The summed E-state index contributed by atoms with van der Waals surface area (Å²) < 4.78 is 0. The predicted octanol–water partition coefficient (Wildman–Crippen LogP) is 2.12. The van der Waals surface area contributed by atoms with Crippen molar-refractivity contribution in [3.63, 3.8) is 0 Å². The van der Waals surface area contributed by atoms with Gasteiger partial charge in [0.05, 0.1) is 13.1 Å². The highest BCUT2D eigenvalue weighted by Gasteiger charge is 2.27. The van der Waals surface area contributed by atoms with Gasteiger partial charge in [-0.15, -0.1) is 24.0 Å². The Morgan fingerprint density at radius 3 is 1.68 bits per heavy atom. The highest BCUT2D eigenvalue weighted by molar-refractivity contribution is 14.0. The van der Waals surface area contributed by atoms with Gasteiger partial charge in [-0.05, 0) is 36.8 Å². The van der Waals surface area contributed by atoms with Crippen molar-refractivity contribution >= 4 is 35.9 Å². The van der Waals surface area contributed by atoms with Crippen LogP contribution in [0.2, 0.25) is 0 Å². The fourth-order valence-electron chi connectivity index (χ4n) is 2.69. The molecular formula is C18H29IN6. The lowest BCUT2D eigenvalue weighted by Gasteiger charge is -2.17. The minimum Gasteiger partial charge on any atom is -0.370 e. The molecule has 0 aliphatic heterocycles. The molecular weight excluding hydrogens is 427 g/mol. The lowest BCUT2D eigenvalue weighted by atomic mass is 10.1. The Balaban J connectivity index is 0.00000225. The number of hydrogen-bond donors (Lipinski definition) is 2. The number of nitrogens with zero attached hydrogens (tertiary/aromatic N) is 4. The summed E-state index contributed by atoms with van der Waals surface area (Å²) in [5, 5.41) is 0. The fraction of sp³-hybridized carbons (Fsp3) is 0.556. The topological polar surface area (TPSA) is 83.2 Å². The highest BCUT2D eigenvalue weighted by Crippen LogP contribution is 2.25. The maximum absolute atomic E-state index is 6.04. The van der Waals surface area contributed by atoms with Gasteiger partial charge in [-0.25, -0.2) is 9.98 Å². The molecule has 0 saturated heterocycles. The van der Waals surface area contributed by atoms with Gasteiger partial charge in [-0.2, -0.15) is 0 Å². The third kappa shape index (κ3) is 5.76. The van der Waals surface area contributed by atoms with Crippen LogP contribution in [-0.2, 0) is 13.1 Å². The molecule has 0 radical (unpaired) electrons. The van der Waals surface area contributed by atoms with Crippen LogP contribution in [0.5, 0.6) is 0 Å². The van der Waals surface area contributed by atoms with E-state index in [9.17, 15) is 0 Å². The first-order valence-corrected chi connectivity index (χ1v) is 8.68. The van der Waals surface area contributed by atoms with Crippen LogP contribution in [0.1, 0.15) is 36.8 Å². The van der Waals surface area contributed by atoms with E-state index < -0.39 is 0 Å². The quantitative estimate of drug-likeness (QED) is 0.390. The number of aliphatic imine (C=N–C) groups is 2. The minimum absolute atomic E-state index is 0. The summed E-state index contributed by atoms with van der Waals surface area (Å²) in [6.45, 7) is 1.19. The Morgan fingerprint density at radius 1 is 0.920 bits per heavy atom. The summed E-state index contributed by atoms with van der Waals surface area (Å²) in [6, 6.07) is 9.47. The Labute approximate surface area is 167 Å². The maximum atomic E-state index is 6.04. The number of benzene rings is 1. The lowest BCUT2D eigenvalue weighted by molar-refractivity contribution is 0.487. The first-order valence-electron chi connectivity index (χ1n) is 8.68. The van der Waals surface area contributed by atoms with E-state index in [1.807, 2.05) is 20.2 Å². The van der Waals surface area contributed by atoms with Crippen molar-refractivity contribution in [2.75, 3.05) is 14.1 Å². The molecule has 0 spiro atoms. The second kappa shape index (κ2) is 8.73. The van der Waals surface area contributed by atoms with Crippen LogP contribution in [0.15, 0.2) is 34.3 Å². The Kier molecular flexibility index (Phi) is 6.92. The largest absolute Gasteiger partial charge is 0.370 e. The van der Waals surface area contributed by atoms with Crippen molar-refractivity contribution in [2.45, 2.75) is 50.9 Å². The van der Waals surface area contributed by atoms with Gasteiger partial charge in [0.25, 0.3) is 0 Å². The van der Waals surface area contributed by atoms with Gasteiger partial charge < -0.3 is 21.3 Å². The molecule has 6 nitrogen and oxygen atoms in total. The van der Waals surface area contributed by atoms with Crippen LogP contribution >= 0.6 is 24.0 Å². The molecule has 0 amide bonds. The molecule has 7 heteroatoms. The second-order valence-electron chi connectivity index (χ2n) is 6.85. The zero-order chi connectivity index (χ0) is 17.1. The predicted molar refractivity (Wildman–Crippen MR) is 114 cm³/mol. The van der Waals surface area contributed by atoms with Crippen molar-refractivity contribution < 1.29 is 0 Å². The molecule has 1 aromatic carbocycles. The van der Waals surface area contributed by atoms with Crippen LogP contribution in [-0.4, -0.2) is 47.9 Å². The van der Waals surface area contributed by atoms with Crippen LogP contribution in [0.4, 0.5) is 0 Å². The van der Waals surface area contributed by atoms with Gasteiger partial charge in [-0.1, -0.05) is 24.3 Å². The number of nitrogens with two attached hydrogens (primary N) is 2. The summed E-state index contributed by atoms with van der Waals surface area (Å²) >= 11 is 0. The molecule has 0 unspecified atom stereocenters. The molecule has 2 aliphatic carbocycles. The number of rotatable bonds is 6. The molecule has 0 aromatic heterocycles. The van der Waals surface area contributed by atoms with Crippen LogP contribution in [0, 0.1) is 0 Å². The number of hydrogen-bond acceptors (Lipinski definition) is 2. The van der Waals surface area contributed by atoms with E-state index in [1.54, 1.807) is 0 Å². The lowest BCUT2D eigenvalue weighted by Crippen LogP contribution is -2.35. The van der Waals surface area contributed by atoms with Crippen LogP contribution in [0.25, 0.3) is 0 Å². The monoisotopic (exact) mass is 456 g/mol. The van der Waals surface area contributed by atoms with Crippen molar-refractivity contribution in [1.82, 2.24) is 9.80 Å². The molecule has 2 saturated carbocycles. The van der Waals surface area contributed by atoms with E-state index in [0.29, 0.717) is 37.1 Å². The third-order valence-electron chi connectivity index (χ3n) is 4.75.